The van der Waals surface area contributed by atoms with Crippen LogP contribution in [-0.2, 0) is 0 Å². The average Bonchev–Trinajstić information content (AvgIpc) is 2.73. The van der Waals surface area contributed by atoms with Gasteiger partial charge >= 0.3 is 5.69 Å². The number of nitrogens with one attached hydrogen (secondary N) is 1. The van der Waals surface area contributed by atoms with Crippen molar-refractivity contribution >= 4 is 57.9 Å². The molecule has 0 atom stereocenters. The van der Waals surface area contributed by atoms with Crippen LogP contribution in [0.5, 0.6) is 0 Å². The van der Waals surface area contributed by atoms with Crippen LogP contribution in [0.1, 0.15) is 5.56 Å². The zero-order valence-corrected chi connectivity index (χ0v) is 17.3. The average molecular weight is 471 g/mol. The largest absolute Gasteiger partial charge is 0.369 e. The molecule has 12 nitrogen and oxygen atoms in total. The first-order valence-corrected chi connectivity index (χ1v) is 9.72. The van der Waals surface area contributed by atoms with Gasteiger partial charge in [0.1, 0.15) is 5.69 Å². The first kappa shape index (κ1) is 23.8. The zero-order chi connectivity index (χ0) is 23.0. The van der Waals surface area contributed by atoms with Gasteiger partial charge in [0.2, 0.25) is 0 Å². The molecule has 0 aromatic heterocycles. The van der Waals surface area contributed by atoms with Gasteiger partial charge in [0.15, 0.2) is 0 Å². The van der Waals surface area contributed by atoms with Crippen LogP contribution in [0.25, 0.3) is 0 Å². The van der Waals surface area contributed by atoms with Crippen molar-refractivity contribution in [1.29, 1.82) is 0 Å². The Morgan fingerprint density at radius 2 is 1.55 bits per heavy atom. The number of hydrogen-bond acceptors (Lipinski definition) is 9. The molecule has 0 amide bonds. The third-order valence-electron chi connectivity index (χ3n) is 4.06. The van der Waals surface area contributed by atoms with Gasteiger partial charge in [0.25, 0.3) is 11.4 Å². The van der Waals surface area contributed by atoms with E-state index in [1.807, 2.05) is 0 Å². The van der Waals surface area contributed by atoms with Gasteiger partial charge in [0, 0.05) is 42.7 Å². The summed E-state index contributed by atoms with van der Waals surface area (Å²) < 4.78 is 0. The first-order valence-electron chi connectivity index (χ1n) is 8.65. The summed E-state index contributed by atoms with van der Waals surface area (Å²) in [5, 5.41) is 37.3. The Balaban J connectivity index is 2.31. The maximum atomic E-state index is 11.5. The van der Waals surface area contributed by atoms with Crippen LogP contribution in [-0.4, -0.2) is 45.8 Å². The maximum absolute atomic E-state index is 11.5. The monoisotopic (exact) mass is 470 g/mol. The Kier molecular flexibility index (Phi) is 8.46. The summed E-state index contributed by atoms with van der Waals surface area (Å²) in [5.41, 5.74) is 1.73. The number of rotatable bonds is 11. The van der Waals surface area contributed by atoms with Gasteiger partial charge in [-0.15, -0.1) is 23.2 Å². The third-order valence-corrected chi connectivity index (χ3v) is 4.40. The van der Waals surface area contributed by atoms with Crippen molar-refractivity contribution in [2.75, 3.05) is 35.2 Å². The van der Waals surface area contributed by atoms with Crippen molar-refractivity contribution in [3.8, 4) is 0 Å². The van der Waals surface area contributed by atoms with Crippen LogP contribution >= 0.6 is 23.2 Å². The molecule has 14 heteroatoms. The van der Waals surface area contributed by atoms with E-state index in [2.05, 4.69) is 10.5 Å². The summed E-state index contributed by atoms with van der Waals surface area (Å²) in [7, 11) is 0. The third kappa shape index (κ3) is 6.23. The molecule has 0 aliphatic carbocycles. The van der Waals surface area contributed by atoms with E-state index in [0.29, 0.717) is 30.5 Å². The SMILES string of the molecule is O=[N+]([O-])c1ccc(NN=Cc2ccc(N(CCCl)CCCl)cc2[N+](=O)[O-])c([N+](=O)[O-])c1. The number of hydrazone groups is 1. The molecule has 164 valence electrons. The number of nitro groups is 3. The van der Waals surface area contributed by atoms with Gasteiger partial charge in [-0.2, -0.15) is 5.10 Å². The molecule has 2 rings (SSSR count). The fraction of sp³-hybridized carbons (Fsp3) is 0.235. The molecule has 0 saturated heterocycles. The molecule has 1 N–H and O–H groups in total. The molecule has 0 aliphatic heterocycles. The van der Waals surface area contributed by atoms with Crippen LogP contribution in [0.15, 0.2) is 41.5 Å². The number of nitrogens with zero attached hydrogens (tertiary/aromatic N) is 5. The number of alkyl halides is 2. The molecule has 0 bridgehead atoms. The summed E-state index contributed by atoms with van der Waals surface area (Å²) in [6, 6.07) is 7.46. The smallest absolute Gasteiger partial charge is 0.301 e. The fourth-order valence-electron chi connectivity index (χ4n) is 2.62. The highest BCUT2D eigenvalue weighted by Crippen LogP contribution is 2.29. The lowest BCUT2D eigenvalue weighted by molar-refractivity contribution is -0.393. The molecule has 0 radical (unpaired) electrons. The summed E-state index contributed by atoms with van der Waals surface area (Å²) in [6.07, 6.45) is 1.13. The highest BCUT2D eigenvalue weighted by atomic mass is 35.5. The highest BCUT2D eigenvalue weighted by Gasteiger charge is 2.20. The minimum atomic E-state index is -0.801. The Morgan fingerprint density at radius 1 is 0.903 bits per heavy atom. The van der Waals surface area contributed by atoms with Crippen LogP contribution in [0.4, 0.5) is 28.4 Å². The predicted molar refractivity (Wildman–Crippen MR) is 118 cm³/mol. The van der Waals surface area contributed by atoms with E-state index in [0.717, 1.165) is 24.4 Å². The van der Waals surface area contributed by atoms with Crippen molar-refractivity contribution in [2.24, 2.45) is 5.10 Å². The number of hydrogen-bond donors (Lipinski definition) is 1. The molecule has 0 spiro atoms. The topological polar surface area (TPSA) is 157 Å². The number of benzene rings is 2. The Labute approximate surface area is 185 Å². The molecule has 31 heavy (non-hydrogen) atoms. The quantitative estimate of drug-likeness (QED) is 0.222. The van der Waals surface area contributed by atoms with Gasteiger partial charge in [-0.1, -0.05) is 0 Å². The minimum Gasteiger partial charge on any atom is -0.369 e. The van der Waals surface area contributed by atoms with E-state index >= 15 is 0 Å². The molecule has 2 aromatic rings. The van der Waals surface area contributed by atoms with E-state index < -0.39 is 26.1 Å². The summed E-state index contributed by atoms with van der Waals surface area (Å²) in [5.74, 6) is 0.623. The Bertz CT molecular complexity index is 1010. The van der Waals surface area contributed by atoms with E-state index in [9.17, 15) is 30.3 Å². The number of nitro benzene ring substituents is 3. The predicted octanol–water partition coefficient (Wildman–Crippen LogP) is 4.14. The molecule has 0 fully saturated rings. The second-order valence-corrected chi connectivity index (χ2v) is 6.71. The summed E-state index contributed by atoms with van der Waals surface area (Å²) >= 11 is 11.5. The zero-order valence-electron chi connectivity index (χ0n) is 15.8. The highest BCUT2D eigenvalue weighted by molar-refractivity contribution is 6.18. The van der Waals surface area contributed by atoms with Crippen molar-refractivity contribution in [2.45, 2.75) is 0 Å². The molecule has 0 unspecified atom stereocenters. The van der Waals surface area contributed by atoms with Gasteiger partial charge in [-0.05, 0) is 18.2 Å². The lowest BCUT2D eigenvalue weighted by atomic mass is 10.1. The lowest BCUT2D eigenvalue weighted by Crippen LogP contribution is -2.27. The molecule has 2 aromatic carbocycles. The Hall–Kier alpha value is -3.51. The number of anilines is 2. The maximum Gasteiger partial charge on any atom is 0.301 e. The molecule has 0 heterocycles. The fourth-order valence-corrected chi connectivity index (χ4v) is 3.03. The molecule has 0 aliphatic rings. The van der Waals surface area contributed by atoms with Crippen molar-refractivity contribution in [1.82, 2.24) is 0 Å². The molecular formula is C17H16Cl2N6O6. The van der Waals surface area contributed by atoms with Gasteiger partial charge < -0.3 is 4.90 Å². The summed E-state index contributed by atoms with van der Waals surface area (Å²) in [4.78, 5) is 33.1. The van der Waals surface area contributed by atoms with Gasteiger partial charge in [0.05, 0.1) is 32.6 Å². The van der Waals surface area contributed by atoms with E-state index in [1.165, 1.54) is 12.1 Å². The molecule has 0 saturated carbocycles. The van der Waals surface area contributed by atoms with E-state index in [1.54, 1.807) is 11.0 Å². The second kappa shape index (κ2) is 11.0. The van der Waals surface area contributed by atoms with Crippen molar-refractivity contribution in [3.05, 3.63) is 72.3 Å². The summed E-state index contributed by atoms with van der Waals surface area (Å²) in [6.45, 7) is 0.897. The lowest BCUT2D eigenvalue weighted by Gasteiger charge is -2.22. The standard InChI is InChI=1S/C17H16Cl2N6O6/c18-5-7-22(8-6-19)13-2-1-12(16(9-13)24(28)29)11-20-21-15-4-3-14(23(26)27)10-17(15)25(30)31/h1-4,9-11,21H,5-8H2. The van der Waals surface area contributed by atoms with E-state index in [-0.39, 0.29) is 16.9 Å². The van der Waals surface area contributed by atoms with Crippen LogP contribution in [0.3, 0.4) is 0 Å². The minimum absolute atomic E-state index is 0.110. The van der Waals surface area contributed by atoms with Gasteiger partial charge in [-0.3, -0.25) is 35.8 Å². The Morgan fingerprint density at radius 3 is 2.10 bits per heavy atom. The van der Waals surface area contributed by atoms with Crippen LogP contribution < -0.4 is 10.3 Å². The van der Waals surface area contributed by atoms with Crippen LogP contribution in [0, 0.1) is 30.3 Å². The van der Waals surface area contributed by atoms with Crippen molar-refractivity contribution < 1.29 is 14.8 Å². The van der Waals surface area contributed by atoms with E-state index in [4.69, 9.17) is 23.2 Å². The number of non-ortho nitro benzene ring substituents is 1. The normalized spacial score (nSPS) is 10.8. The second-order valence-electron chi connectivity index (χ2n) is 5.95. The molecular weight excluding hydrogens is 455 g/mol. The van der Waals surface area contributed by atoms with Crippen LogP contribution in [0.2, 0.25) is 0 Å². The first-order chi connectivity index (χ1) is 14.8. The van der Waals surface area contributed by atoms with Gasteiger partial charge in [-0.25, -0.2) is 0 Å². The number of halogens is 2. The van der Waals surface area contributed by atoms with Crippen molar-refractivity contribution in [3.63, 3.8) is 0 Å².